The van der Waals surface area contributed by atoms with E-state index >= 15 is 0 Å². The van der Waals surface area contributed by atoms with Crippen LogP contribution in [0.1, 0.15) is 25.1 Å². The molecule has 1 atom stereocenters. The standard InChI is InChI=1S/C12H15N3O2S/c16-18(17)8-4-2-5-10(18)9-11-13-12-6-1-3-7-15(12)14-11/h1,3,6-7,10H,2,4-5,8-9H2. The average molecular weight is 265 g/mol. The molecule has 1 fully saturated rings. The second-order valence-corrected chi connectivity index (χ2v) is 7.12. The number of hydrogen-bond donors (Lipinski definition) is 0. The number of fused-ring (bicyclic) bond motifs is 1. The Hall–Kier alpha value is -1.43. The van der Waals surface area contributed by atoms with Gasteiger partial charge in [0.1, 0.15) is 0 Å². The van der Waals surface area contributed by atoms with Crippen molar-refractivity contribution < 1.29 is 8.42 Å². The molecule has 0 aliphatic carbocycles. The molecule has 3 heterocycles. The van der Waals surface area contributed by atoms with Crippen LogP contribution >= 0.6 is 0 Å². The minimum absolute atomic E-state index is 0.302. The minimum Gasteiger partial charge on any atom is -0.229 e. The largest absolute Gasteiger partial charge is 0.229 e. The van der Waals surface area contributed by atoms with Crippen molar-refractivity contribution >= 4 is 15.5 Å². The van der Waals surface area contributed by atoms with Crippen molar-refractivity contribution in [3.63, 3.8) is 0 Å². The summed E-state index contributed by atoms with van der Waals surface area (Å²) in [6.45, 7) is 0. The highest BCUT2D eigenvalue weighted by Crippen LogP contribution is 2.22. The lowest BCUT2D eigenvalue weighted by atomic mass is 10.1. The molecule has 5 nitrogen and oxygen atoms in total. The van der Waals surface area contributed by atoms with Gasteiger partial charge in [-0.05, 0) is 25.0 Å². The third-order valence-electron chi connectivity index (χ3n) is 3.41. The summed E-state index contributed by atoms with van der Waals surface area (Å²) in [4.78, 5) is 4.36. The van der Waals surface area contributed by atoms with E-state index in [1.54, 1.807) is 4.52 Å². The summed E-state index contributed by atoms with van der Waals surface area (Å²) in [6.07, 6.45) is 4.76. The van der Waals surface area contributed by atoms with Gasteiger partial charge in [0.2, 0.25) is 0 Å². The highest BCUT2D eigenvalue weighted by Gasteiger charge is 2.29. The van der Waals surface area contributed by atoms with Gasteiger partial charge in [-0.2, -0.15) is 5.10 Å². The number of sulfone groups is 1. The molecule has 0 N–H and O–H groups in total. The van der Waals surface area contributed by atoms with Crippen LogP contribution in [0.25, 0.3) is 5.65 Å². The molecule has 6 heteroatoms. The summed E-state index contributed by atoms with van der Waals surface area (Å²) in [5.74, 6) is 0.932. The summed E-state index contributed by atoms with van der Waals surface area (Å²) in [5, 5.41) is 4.01. The molecule has 1 saturated heterocycles. The van der Waals surface area contributed by atoms with E-state index in [0.717, 1.165) is 24.9 Å². The molecule has 18 heavy (non-hydrogen) atoms. The number of hydrogen-bond acceptors (Lipinski definition) is 4. The Balaban J connectivity index is 1.87. The lowest BCUT2D eigenvalue weighted by Crippen LogP contribution is -2.30. The van der Waals surface area contributed by atoms with Gasteiger partial charge < -0.3 is 0 Å². The fourth-order valence-electron chi connectivity index (χ4n) is 2.42. The predicted molar refractivity (Wildman–Crippen MR) is 68.1 cm³/mol. The molecule has 0 bridgehead atoms. The second-order valence-electron chi connectivity index (χ2n) is 4.72. The van der Waals surface area contributed by atoms with Crippen molar-refractivity contribution in [2.24, 2.45) is 0 Å². The maximum Gasteiger partial charge on any atom is 0.155 e. The SMILES string of the molecule is O=S1(=O)CCCCC1Cc1nc2ccccn2n1. The third kappa shape index (κ3) is 2.12. The molecule has 0 saturated carbocycles. The van der Waals surface area contributed by atoms with Crippen molar-refractivity contribution in [1.82, 2.24) is 14.6 Å². The Bertz CT molecular complexity index is 630. The van der Waals surface area contributed by atoms with Crippen LogP contribution < -0.4 is 0 Å². The zero-order chi connectivity index (χ0) is 12.6. The van der Waals surface area contributed by atoms with Crippen LogP contribution in [0.2, 0.25) is 0 Å². The van der Waals surface area contributed by atoms with Gasteiger partial charge in [-0.15, -0.1) is 0 Å². The van der Waals surface area contributed by atoms with Crippen molar-refractivity contribution in [2.75, 3.05) is 5.75 Å². The average Bonchev–Trinajstić information content (AvgIpc) is 2.74. The Labute approximate surface area is 106 Å². The predicted octanol–water partition coefficient (Wildman–Crippen LogP) is 1.24. The summed E-state index contributed by atoms with van der Waals surface area (Å²) < 4.78 is 25.6. The monoisotopic (exact) mass is 265 g/mol. The lowest BCUT2D eigenvalue weighted by Gasteiger charge is -2.20. The first kappa shape index (κ1) is 11.6. The maximum atomic E-state index is 11.9. The van der Waals surface area contributed by atoms with E-state index in [2.05, 4.69) is 10.1 Å². The van der Waals surface area contributed by atoms with E-state index in [1.807, 2.05) is 24.4 Å². The van der Waals surface area contributed by atoms with Gasteiger partial charge in [0.25, 0.3) is 0 Å². The molecular weight excluding hydrogens is 250 g/mol. The number of pyridine rings is 1. The molecule has 0 amide bonds. The van der Waals surface area contributed by atoms with Crippen LogP contribution in [0.15, 0.2) is 24.4 Å². The van der Waals surface area contributed by atoms with E-state index in [4.69, 9.17) is 0 Å². The van der Waals surface area contributed by atoms with Crippen LogP contribution in [0.5, 0.6) is 0 Å². The summed E-state index contributed by atoms with van der Waals surface area (Å²) >= 11 is 0. The first-order chi connectivity index (χ1) is 8.65. The van der Waals surface area contributed by atoms with Gasteiger partial charge in [0.15, 0.2) is 21.3 Å². The second kappa shape index (κ2) is 4.35. The summed E-state index contributed by atoms with van der Waals surface area (Å²) in [6, 6.07) is 5.64. The minimum atomic E-state index is -2.95. The van der Waals surface area contributed by atoms with Crippen molar-refractivity contribution in [3.05, 3.63) is 30.2 Å². The van der Waals surface area contributed by atoms with Gasteiger partial charge in [-0.25, -0.2) is 17.9 Å². The zero-order valence-electron chi connectivity index (χ0n) is 9.99. The highest BCUT2D eigenvalue weighted by atomic mass is 32.2. The molecule has 2 aromatic rings. The molecule has 1 aliphatic rings. The van der Waals surface area contributed by atoms with E-state index in [1.165, 1.54) is 0 Å². The van der Waals surface area contributed by atoms with E-state index in [-0.39, 0.29) is 5.25 Å². The first-order valence-electron chi connectivity index (χ1n) is 6.17. The smallest absolute Gasteiger partial charge is 0.155 e. The van der Waals surface area contributed by atoms with E-state index in [9.17, 15) is 8.42 Å². The lowest BCUT2D eigenvalue weighted by molar-refractivity contribution is 0.534. The van der Waals surface area contributed by atoms with Gasteiger partial charge in [0, 0.05) is 12.6 Å². The molecule has 0 spiro atoms. The maximum absolute atomic E-state index is 11.9. The van der Waals surface area contributed by atoms with Gasteiger partial charge in [-0.3, -0.25) is 0 Å². The third-order valence-corrected chi connectivity index (χ3v) is 5.68. The Morgan fingerprint density at radius 1 is 1.33 bits per heavy atom. The fraction of sp³-hybridized carbons (Fsp3) is 0.500. The normalized spacial score (nSPS) is 23.2. The summed E-state index contributed by atoms with van der Waals surface area (Å²) in [7, 11) is -2.95. The van der Waals surface area contributed by atoms with Crippen LogP contribution in [0, 0.1) is 0 Å². The number of rotatable bonds is 2. The molecule has 3 rings (SSSR count). The molecule has 96 valence electrons. The van der Waals surface area contributed by atoms with Crippen molar-refractivity contribution in [2.45, 2.75) is 30.9 Å². The van der Waals surface area contributed by atoms with Gasteiger partial charge in [0.05, 0.1) is 11.0 Å². The van der Waals surface area contributed by atoms with Crippen molar-refractivity contribution in [1.29, 1.82) is 0 Å². The van der Waals surface area contributed by atoms with Crippen LogP contribution in [-0.2, 0) is 16.3 Å². The highest BCUT2D eigenvalue weighted by molar-refractivity contribution is 7.92. The Morgan fingerprint density at radius 3 is 3.00 bits per heavy atom. The van der Waals surface area contributed by atoms with Gasteiger partial charge in [-0.1, -0.05) is 12.5 Å². The molecular formula is C12H15N3O2S. The quantitative estimate of drug-likeness (QED) is 0.819. The first-order valence-corrected chi connectivity index (χ1v) is 7.88. The van der Waals surface area contributed by atoms with Gasteiger partial charge >= 0.3 is 0 Å². The number of aromatic nitrogens is 3. The van der Waals surface area contributed by atoms with Crippen LogP contribution in [-0.4, -0.2) is 34.0 Å². The Morgan fingerprint density at radius 2 is 2.22 bits per heavy atom. The number of nitrogens with zero attached hydrogens (tertiary/aromatic N) is 3. The molecule has 0 radical (unpaired) electrons. The van der Waals surface area contributed by atoms with Crippen LogP contribution in [0.3, 0.4) is 0 Å². The Kier molecular flexibility index (Phi) is 2.81. The molecule has 1 aliphatic heterocycles. The zero-order valence-corrected chi connectivity index (χ0v) is 10.8. The fourth-order valence-corrected chi connectivity index (χ4v) is 4.29. The molecule has 0 aromatic carbocycles. The van der Waals surface area contributed by atoms with E-state index in [0.29, 0.717) is 18.0 Å². The molecule has 2 aromatic heterocycles. The molecule has 1 unspecified atom stereocenters. The van der Waals surface area contributed by atoms with Crippen LogP contribution in [0.4, 0.5) is 0 Å². The van der Waals surface area contributed by atoms with E-state index < -0.39 is 9.84 Å². The topological polar surface area (TPSA) is 64.3 Å². The summed E-state index contributed by atoms with van der Waals surface area (Å²) in [5.41, 5.74) is 0.765. The van der Waals surface area contributed by atoms with Crippen molar-refractivity contribution in [3.8, 4) is 0 Å².